The average Bonchev–Trinajstić information content (AvgIpc) is 2.60. The van der Waals surface area contributed by atoms with Crippen molar-refractivity contribution in [2.24, 2.45) is 0 Å². The fourth-order valence-corrected chi connectivity index (χ4v) is 2.63. The van der Waals surface area contributed by atoms with Crippen LogP contribution in [0.5, 0.6) is 0 Å². The number of hydrogen-bond donors (Lipinski definition) is 0. The Morgan fingerprint density at radius 1 is 1.47 bits per heavy atom. The summed E-state index contributed by atoms with van der Waals surface area (Å²) in [7, 11) is 0. The standard InChI is InChI=1S/C11H9BrO2S/c1-2-14-11(13)10-6-7-5-8(12)3-4-9(7)15-10/h3-6H,2H2,1H3. The van der Waals surface area contributed by atoms with Crippen LogP contribution in [0.1, 0.15) is 16.6 Å². The number of esters is 1. The molecule has 0 atom stereocenters. The van der Waals surface area contributed by atoms with E-state index in [1.807, 2.05) is 31.2 Å². The molecule has 1 heterocycles. The molecule has 0 saturated carbocycles. The summed E-state index contributed by atoms with van der Waals surface area (Å²) in [5.74, 6) is -0.241. The maximum Gasteiger partial charge on any atom is 0.348 e. The molecule has 0 spiro atoms. The molecule has 0 N–H and O–H groups in total. The Balaban J connectivity index is 2.42. The number of benzene rings is 1. The number of rotatable bonds is 2. The summed E-state index contributed by atoms with van der Waals surface area (Å²) in [6.45, 7) is 2.22. The molecule has 0 fully saturated rings. The Kier molecular flexibility index (Phi) is 3.07. The smallest absolute Gasteiger partial charge is 0.348 e. The van der Waals surface area contributed by atoms with Crippen LogP contribution >= 0.6 is 27.3 Å². The fourth-order valence-electron chi connectivity index (χ4n) is 1.32. The van der Waals surface area contributed by atoms with E-state index < -0.39 is 0 Å². The van der Waals surface area contributed by atoms with Crippen molar-refractivity contribution >= 4 is 43.3 Å². The van der Waals surface area contributed by atoms with E-state index in [0.717, 1.165) is 14.6 Å². The lowest BCUT2D eigenvalue weighted by Crippen LogP contribution is -2.01. The molecule has 15 heavy (non-hydrogen) atoms. The summed E-state index contributed by atoms with van der Waals surface area (Å²) in [5.41, 5.74) is 0. The van der Waals surface area contributed by atoms with Crippen LogP contribution in [0.2, 0.25) is 0 Å². The molecular formula is C11H9BrO2S. The molecule has 1 aromatic carbocycles. The molecular weight excluding hydrogens is 276 g/mol. The van der Waals surface area contributed by atoms with Gasteiger partial charge in [-0.1, -0.05) is 15.9 Å². The average molecular weight is 285 g/mol. The van der Waals surface area contributed by atoms with Crippen molar-refractivity contribution in [2.45, 2.75) is 6.92 Å². The van der Waals surface area contributed by atoms with Gasteiger partial charge in [0.2, 0.25) is 0 Å². The third-order valence-electron chi connectivity index (χ3n) is 1.95. The van der Waals surface area contributed by atoms with Gasteiger partial charge >= 0.3 is 5.97 Å². The molecule has 0 unspecified atom stereocenters. The minimum atomic E-state index is -0.241. The van der Waals surface area contributed by atoms with Crippen molar-refractivity contribution in [1.82, 2.24) is 0 Å². The van der Waals surface area contributed by atoms with Crippen LogP contribution in [0.3, 0.4) is 0 Å². The van der Waals surface area contributed by atoms with Crippen molar-refractivity contribution < 1.29 is 9.53 Å². The number of carbonyl (C=O) groups is 1. The summed E-state index contributed by atoms with van der Waals surface area (Å²) >= 11 is 4.86. The van der Waals surface area contributed by atoms with E-state index in [4.69, 9.17) is 4.74 Å². The molecule has 4 heteroatoms. The molecule has 0 aliphatic heterocycles. The van der Waals surface area contributed by atoms with Crippen LogP contribution in [0, 0.1) is 0 Å². The zero-order chi connectivity index (χ0) is 10.8. The molecule has 78 valence electrons. The van der Waals surface area contributed by atoms with E-state index >= 15 is 0 Å². The zero-order valence-corrected chi connectivity index (χ0v) is 10.5. The normalized spacial score (nSPS) is 10.5. The first-order valence-corrected chi connectivity index (χ1v) is 6.18. The second-order valence-electron chi connectivity index (χ2n) is 3.01. The quantitative estimate of drug-likeness (QED) is 0.784. The van der Waals surface area contributed by atoms with Crippen LogP contribution in [0.4, 0.5) is 0 Å². The van der Waals surface area contributed by atoms with Crippen LogP contribution in [0.25, 0.3) is 10.1 Å². The van der Waals surface area contributed by atoms with Gasteiger partial charge < -0.3 is 4.74 Å². The third kappa shape index (κ3) is 2.21. The lowest BCUT2D eigenvalue weighted by atomic mass is 10.2. The minimum absolute atomic E-state index is 0.241. The predicted octanol–water partition coefficient (Wildman–Crippen LogP) is 3.84. The molecule has 2 aromatic rings. The van der Waals surface area contributed by atoms with Gasteiger partial charge in [0, 0.05) is 9.17 Å². The largest absolute Gasteiger partial charge is 0.462 e. The highest BCUT2D eigenvalue weighted by molar-refractivity contribution is 9.10. The Morgan fingerprint density at radius 3 is 3.00 bits per heavy atom. The van der Waals surface area contributed by atoms with E-state index in [1.54, 1.807) is 0 Å². The van der Waals surface area contributed by atoms with Gasteiger partial charge in [-0.15, -0.1) is 11.3 Å². The van der Waals surface area contributed by atoms with E-state index in [1.165, 1.54) is 11.3 Å². The maximum absolute atomic E-state index is 11.5. The SMILES string of the molecule is CCOC(=O)c1cc2cc(Br)ccc2s1. The maximum atomic E-state index is 11.5. The second kappa shape index (κ2) is 4.33. The van der Waals surface area contributed by atoms with Crippen molar-refractivity contribution in [3.05, 3.63) is 33.6 Å². The van der Waals surface area contributed by atoms with Crippen LogP contribution in [-0.2, 0) is 4.74 Å². The Bertz CT molecular complexity index is 504. The Morgan fingerprint density at radius 2 is 2.27 bits per heavy atom. The van der Waals surface area contributed by atoms with E-state index in [9.17, 15) is 4.79 Å². The highest BCUT2D eigenvalue weighted by atomic mass is 79.9. The molecule has 1 aromatic heterocycles. The number of fused-ring (bicyclic) bond motifs is 1. The molecule has 0 amide bonds. The Labute approximate surface area is 100.0 Å². The second-order valence-corrected chi connectivity index (χ2v) is 5.01. The lowest BCUT2D eigenvalue weighted by molar-refractivity contribution is 0.0532. The van der Waals surface area contributed by atoms with Gasteiger partial charge in [-0.2, -0.15) is 0 Å². The molecule has 2 nitrogen and oxygen atoms in total. The summed E-state index contributed by atoms with van der Waals surface area (Å²) in [6.07, 6.45) is 0. The highest BCUT2D eigenvalue weighted by Gasteiger charge is 2.10. The molecule has 0 aliphatic rings. The van der Waals surface area contributed by atoms with Gasteiger partial charge in [-0.25, -0.2) is 4.79 Å². The fraction of sp³-hybridized carbons (Fsp3) is 0.182. The third-order valence-corrected chi connectivity index (χ3v) is 3.54. The first-order valence-electron chi connectivity index (χ1n) is 4.57. The van der Waals surface area contributed by atoms with Crippen molar-refractivity contribution in [2.75, 3.05) is 6.61 Å². The number of halogens is 1. The van der Waals surface area contributed by atoms with Gasteiger partial charge in [0.25, 0.3) is 0 Å². The van der Waals surface area contributed by atoms with Crippen LogP contribution in [-0.4, -0.2) is 12.6 Å². The van der Waals surface area contributed by atoms with Gasteiger partial charge in [0.1, 0.15) is 4.88 Å². The molecule has 2 rings (SSSR count). The zero-order valence-electron chi connectivity index (χ0n) is 8.12. The first kappa shape index (κ1) is 10.6. The highest BCUT2D eigenvalue weighted by Crippen LogP contribution is 2.28. The van der Waals surface area contributed by atoms with Crippen molar-refractivity contribution in [3.8, 4) is 0 Å². The van der Waals surface area contributed by atoms with Gasteiger partial charge in [0.05, 0.1) is 6.61 Å². The van der Waals surface area contributed by atoms with E-state index in [0.29, 0.717) is 11.5 Å². The Hall–Kier alpha value is -0.870. The summed E-state index contributed by atoms with van der Waals surface area (Å²) in [6, 6.07) is 7.82. The summed E-state index contributed by atoms with van der Waals surface area (Å²) in [4.78, 5) is 12.1. The molecule has 0 bridgehead atoms. The predicted molar refractivity (Wildman–Crippen MR) is 65.5 cm³/mol. The monoisotopic (exact) mass is 284 g/mol. The number of thiophene rings is 1. The number of carbonyl (C=O) groups excluding carboxylic acids is 1. The van der Waals surface area contributed by atoms with E-state index in [2.05, 4.69) is 15.9 Å². The molecule has 0 aliphatic carbocycles. The number of ether oxygens (including phenoxy) is 1. The molecule has 0 radical (unpaired) electrons. The minimum Gasteiger partial charge on any atom is -0.462 e. The van der Waals surface area contributed by atoms with Crippen LogP contribution in [0.15, 0.2) is 28.7 Å². The summed E-state index contributed by atoms with van der Waals surface area (Å²) < 4.78 is 7.06. The van der Waals surface area contributed by atoms with Crippen molar-refractivity contribution in [3.63, 3.8) is 0 Å². The lowest BCUT2D eigenvalue weighted by Gasteiger charge is -1.95. The van der Waals surface area contributed by atoms with Gasteiger partial charge in [0.15, 0.2) is 0 Å². The van der Waals surface area contributed by atoms with Crippen LogP contribution < -0.4 is 0 Å². The molecule has 0 saturated heterocycles. The summed E-state index contributed by atoms with van der Waals surface area (Å²) in [5, 5.41) is 1.07. The first-order chi connectivity index (χ1) is 7.20. The van der Waals surface area contributed by atoms with Gasteiger partial charge in [-0.05, 0) is 36.6 Å². The van der Waals surface area contributed by atoms with Crippen molar-refractivity contribution in [1.29, 1.82) is 0 Å². The van der Waals surface area contributed by atoms with Gasteiger partial charge in [-0.3, -0.25) is 0 Å². The topological polar surface area (TPSA) is 26.3 Å². The van der Waals surface area contributed by atoms with E-state index in [-0.39, 0.29) is 5.97 Å². The number of hydrogen-bond acceptors (Lipinski definition) is 3.